The summed E-state index contributed by atoms with van der Waals surface area (Å²) in [7, 11) is 0. The Hall–Kier alpha value is -1.04. The summed E-state index contributed by atoms with van der Waals surface area (Å²) in [6.07, 6.45) is 0.783. The Morgan fingerprint density at radius 2 is 2.31 bits per heavy atom. The van der Waals surface area contributed by atoms with Crippen LogP contribution in [-0.2, 0) is 6.42 Å². The highest BCUT2D eigenvalue weighted by Crippen LogP contribution is 2.17. The Balaban J connectivity index is 2.91. The first-order chi connectivity index (χ1) is 6.13. The topological polar surface area (TPSA) is 49.8 Å². The van der Waals surface area contributed by atoms with Gasteiger partial charge in [-0.1, -0.05) is 17.7 Å². The van der Waals surface area contributed by atoms with Gasteiger partial charge in [0, 0.05) is 6.04 Å². The van der Waals surface area contributed by atoms with Gasteiger partial charge in [-0.25, -0.2) is 0 Å². The van der Waals surface area contributed by atoms with Gasteiger partial charge in [0.15, 0.2) is 0 Å². The lowest BCUT2D eigenvalue weighted by atomic mass is 10.1. The van der Waals surface area contributed by atoms with E-state index in [1.54, 1.807) is 12.1 Å². The maximum atomic E-state index is 8.63. The van der Waals surface area contributed by atoms with E-state index in [2.05, 4.69) is 0 Å². The minimum atomic E-state index is 0.115. The molecule has 68 valence electrons. The highest BCUT2D eigenvalue weighted by atomic mass is 35.5. The third-order valence-corrected chi connectivity index (χ3v) is 2.02. The van der Waals surface area contributed by atoms with Crippen LogP contribution in [0.15, 0.2) is 18.2 Å². The van der Waals surface area contributed by atoms with E-state index in [4.69, 9.17) is 22.6 Å². The van der Waals surface area contributed by atoms with E-state index in [0.717, 1.165) is 12.0 Å². The molecule has 3 heteroatoms. The molecule has 1 aromatic rings. The smallest absolute Gasteiger partial charge is 0.101 e. The van der Waals surface area contributed by atoms with Gasteiger partial charge in [0.25, 0.3) is 0 Å². The zero-order chi connectivity index (χ0) is 9.84. The first-order valence-electron chi connectivity index (χ1n) is 4.07. The monoisotopic (exact) mass is 194 g/mol. The lowest BCUT2D eigenvalue weighted by Gasteiger charge is -2.05. The van der Waals surface area contributed by atoms with E-state index < -0.39 is 0 Å². The van der Waals surface area contributed by atoms with Crippen LogP contribution in [0.25, 0.3) is 0 Å². The van der Waals surface area contributed by atoms with Gasteiger partial charge in [-0.2, -0.15) is 5.26 Å². The SMILES string of the molecule is CC(N)Cc1ccc(C#N)c(Cl)c1. The van der Waals surface area contributed by atoms with Gasteiger partial charge in [0.1, 0.15) is 6.07 Å². The molecule has 0 saturated heterocycles. The lowest BCUT2D eigenvalue weighted by Crippen LogP contribution is -2.17. The minimum Gasteiger partial charge on any atom is -0.328 e. The van der Waals surface area contributed by atoms with E-state index in [1.807, 2.05) is 19.1 Å². The molecule has 0 saturated carbocycles. The van der Waals surface area contributed by atoms with Crippen LogP contribution in [0.5, 0.6) is 0 Å². The third-order valence-electron chi connectivity index (χ3n) is 1.71. The summed E-state index contributed by atoms with van der Waals surface area (Å²) in [5.41, 5.74) is 7.21. The Bertz CT molecular complexity index is 339. The first-order valence-corrected chi connectivity index (χ1v) is 4.45. The fourth-order valence-electron chi connectivity index (χ4n) is 1.15. The van der Waals surface area contributed by atoms with Crippen molar-refractivity contribution in [1.29, 1.82) is 5.26 Å². The van der Waals surface area contributed by atoms with Gasteiger partial charge >= 0.3 is 0 Å². The molecule has 2 N–H and O–H groups in total. The second kappa shape index (κ2) is 4.27. The predicted octanol–water partition coefficient (Wildman–Crippen LogP) is 2.10. The number of hydrogen-bond acceptors (Lipinski definition) is 2. The second-order valence-corrected chi connectivity index (χ2v) is 3.51. The number of nitriles is 1. The average Bonchev–Trinajstić information content (AvgIpc) is 2.03. The van der Waals surface area contributed by atoms with E-state index in [0.29, 0.717) is 10.6 Å². The molecule has 0 spiro atoms. The molecule has 13 heavy (non-hydrogen) atoms. The largest absolute Gasteiger partial charge is 0.328 e. The normalized spacial score (nSPS) is 12.2. The molecule has 0 aliphatic heterocycles. The Labute approximate surface area is 82.9 Å². The summed E-state index contributed by atoms with van der Waals surface area (Å²) >= 11 is 5.85. The van der Waals surface area contributed by atoms with Crippen LogP contribution in [-0.4, -0.2) is 6.04 Å². The van der Waals surface area contributed by atoms with E-state index >= 15 is 0 Å². The van der Waals surface area contributed by atoms with Gasteiger partial charge in [-0.15, -0.1) is 0 Å². The number of nitrogens with two attached hydrogens (primary N) is 1. The zero-order valence-electron chi connectivity index (χ0n) is 7.42. The van der Waals surface area contributed by atoms with Crippen molar-refractivity contribution in [2.75, 3.05) is 0 Å². The summed E-state index contributed by atoms with van der Waals surface area (Å²) in [6.45, 7) is 1.94. The van der Waals surface area contributed by atoms with Crippen LogP contribution in [0.1, 0.15) is 18.1 Å². The molecule has 0 heterocycles. The minimum absolute atomic E-state index is 0.115. The fourth-order valence-corrected chi connectivity index (χ4v) is 1.39. The van der Waals surface area contributed by atoms with Crippen LogP contribution in [0.4, 0.5) is 0 Å². The molecule has 0 fully saturated rings. The summed E-state index contributed by atoms with van der Waals surface area (Å²) in [4.78, 5) is 0. The van der Waals surface area contributed by atoms with Crippen LogP contribution in [0, 0.1) is 11.3 Å². The molecule has 1 aromatic carbocycles. The molecule has 0 bridgehead atoms. The zero-order valence-corrected chi connectivity index (χ0v) is 8.17. The molecule has 0 aliphatic rings. The molecule has 1 unspecified atom stereocenters. The number of benzene rings is 1. The molecule has 0 radical (unpaired) electrons. The van der Waals surface area contributed by atoms with Crippen molar-refractivity contribution in [1.82, 2.24) is 0 Å². The maximum absolute atomic E-state index is 8.63. The Morgan fingerprint density at radius 1 is 1.62 bits per heavy atom. The standard InChI is InChI=1S/C10H11ClN2/c1-7(13)4-8-2-3-9(6-12)10(11)5-8/h2-3,5,7H,4,13H2,1H3. The van der Waals surface area contributed by atoms with Gasteiger partial charge in [-0.05, 0) is 31.0 Å². The molecule has 0 aliphatic carbocycles. The van der Waals surface area contributed by atoms with Crippen molar-refractivity contribution >= 4 is 11.6 Å². The van der Waals surface area contributed by atoms with Crippen molar-refractivity contribution in [2.24, 2.45) is 5.73 Å². The highest BCUT2D eigenvalue weighted by Gasteiger charge is 2.02. The lowest BCUT2D eigenvalue weighted by molar-refractivity contribution is 0.738. The second-order valence-electron chi connectivity index (χ2n) is 3.11. The molecule has 1 atom stereocenters. The van der Waals surface area contributed by atoms with Crippen LogP contribution in [0.2, 0.25) is 5.02 Å². The van der Waals surface area contributed by atoms with Crippen molar-refractivity contribution in [2.45, 2.75) is 19.4 Å². The molecule has 2 nitrogen and oxygen atoms in total. The van der Waals surface area contributed by atoms with Crippen LogP contribution >= 0.6 is 11.6 Å². The molecule has 1 rings (SSSR count). The maximum Gasteiger partial charge on any atom is 0.101 e. The van der Waals surface area contributed by atoms with Crippen LogP contribution < -0.4 is 5.73 Å². The molecule has 0 aromatic heterocycles. The third kappa shape index (κ3) is 2.73. The van der Waals surface area contributed by atoms with Gasteiger partial charge in [0.05, 0.1) is 10.6 Å². The van der Waals surface area contributed by atoms with E-state index in [1.165, 1.54) is 0 Å². The van der Waals surface area contributed by atoms with Crippen molar-refractivity contribution < 1.29 is 0 Å². The summed E-state index contributed by atoms with van der Waals surface area (Å²) in [6, 6.07) is 7.53. The molecule has 0 amide bonds. The van der Waals surface area contributed by atoms with Crippen molar-refractivity contribution in [3.63, 3.8) is 0 Å². The predicted molar refractivity (Wildman–Crippen MR) is 53.5 cm³/mol. The quantitative estimate of drug-likeness (QED) is 0.784. The Morgan fingerprint density at radius 3 is 2.77 bits per heavy atom. The van der Waals surface area contributed by atoms with E-state index in [9.17, 15) is 0 Å². The highest BCUT2D eigenvalue weighted by molar-refractivity contribution is 6.31. The number of halogens is 1. The molecular formula is C10H11ClN2. The fraction of sp³-hybridized carbons (Fsp3) is 0.300. The van der Waals surface area contributed by atoms with Gasteiger partial charge in [-0.3, -0.25) is 0 Å². The molecular weight excluding hydrogens is 184 g/mol. The van der Waals surface area contributed by atoms with Gasteiger partial charge in [0.2, 0.25) is 0 Å². The number of hydrogen-bond donors (Lipinski definition) is 1. The number of rotatable bonds is 2. The first kappa shape index (κ1) is 10.0. The number of nitrogens with zero attached hydrogens (tertiary/aromatic N) is 1. The van der Waals surface area contributed by atoms with Crippen LogP contribution in [0.3, 0.4) is 0 Å². The summed E-state index contributed by atoms with van der Waals surface area (Å²) in [5.74, 6) is 0. The summed E-state index contributed by atoms with van der Waals surface area (Å²) in [5, 5.41) is 9.13. The Kier molecular flexibility index (Phi) is 3.30. The summed E-state index contributed by atoms with van der Waals surface area (Å²) < 4.78 is 0. The average molecular weight is 195 g/mol. The van der Waals surface area contributed by atoms with Crippen molar-refractivity contribution in [3.8, 4) is 6.07 Å². The van der Waals surface area contributed by atoms with Crippen molar-refractivity contribution in [3.05, 3.63) is 34.3 Å². The van der Waals surface area contributed by atoms with E-state index in [-0.39, 0.29) is 6.04 Å². The van der Waals surface area contributed by atoms with Gasteiger partial charge < -0.3 is 5.73 Å².